The molecule has 1 unspecified atom stereocenters. The Morgan fingerprint density at radius 2 is 2.10 bits per heavy atom. The van der Waals surface area contributed by atoms with Crippen molar-refractivity contribution in [2.24, 2.45) is 0 Å². The Morgan fingerprint density at radius 1 is 1.43 bits per heavy atom. The molecule has 6 nitrogen and oxygen atoms in total. The van der Waals surface area contributed by atoms with Crippen molar-refractivity contribution in [1.29, 1.82) is 0 Å². The average molecular weight is 311 g/mol. The van der Waals surface area contributed by atoms with Crippen molar-refractivity contribution in [2.45, 2.75) is 39.2 Å². The highest BCUT2D eigenvalue weighted by molar-refractivity contribution is 6.30. The summed E-state index contributed by atoms with van der Waals surface area (Å²) in [4.78, 5) is 16.1. The maximum absolute atomic E-state index is 11.5. The third-order valence-corrected chi connectivity index (χ3v) is 3.37. The molecule has 0 saturated heterocycles. The van der Waals surface area contributed by atoms with Crippen LogP contribution in [0.15, 0.2) is 18.3 Å². The molecule has 2 aromatic rings. The molecule has 2 heterocycles. The van der Waals surface area contributed by atoms with Gasteiger partial charge < -0.3 is 5.32 Å². The molecule has 0 aromatic carbocycles. The molecule has 0 spiro atoms. The van der Waals surface area contributed by atoms with Crippen LogP contribution in [0.5, 0.6) is 0 Å². The van der Waals surface area contributed by atoms with Crippen molar-refractivity contribution in [1.82, 2.24) is 14.9 Å². The van der Waals surface area contributed by atoms with E-state index in [1.807, 2.05) is 31.2 Å². The second kappa shape index (κ2) is 5.54. The van der Waals surface area contributed by atoms with E-state index in [-0.39, 0.29) is 5.41 Å². The lowest BCUT2D eigenvalue weighted by molar-refractivity contribution is -0.129. The Balaban J connectivity index is 2.57. The SMILES string of the molecule is CC(Nc1c(C(C)(C)C)nc2ccc(Cl)cn12)C(=O)NO. The lowest BCUT2D eigenvalue weighted by atomic mass is 9.92. The summed E-state index contributed by atoms with van der Waals surface area (Å²) in [6.45, 7) is 7.77. The van der Waals surface area contributed by atoms with E-state index in [4.69, 9.17) is 16.8 Å². The van der Waals surface area contributed by atoms with Gasteiger partial charge in [-0.1, -0.05) is 32.4 Å². The van der Waals surface area contributed by atoms with Gasteiger partial charge in [0.2, 0.25) is 0 Å². The van der Waals surface area contributed by atoms with Gasteiger partial charge in [-0.25, -0.2) is 10.5 Å². The van der Waals surface area contributed by atoms with Crippen molar-refractivity contribution in [3.05, 3.63) is 29.0 Å². The number of pyridine rings is 1. The van der Waals surface area contributed by atoms with Crippen LogP contribution in [0.1, 0.15) is 33.4 Å². The standard InChI is InChI=1S/C14H19ClN4O2/c1-8(13(20)18-21)16-12-11(14(2,3)4)17-10-6-5-9(15)7-19(10)12/h5-8,16,21H,1-4H3,(H,18,20). The minimum atomic E-state index is -0.616. The van der Waals surface area contributed by atoms with Gasteiger partial charge in [0.1, 0.15) is 17.5 Å². The fourth-order valence-electron chi connectivity index (χ4n) is 2.05. The van der Waals surface area contributed by atoms with Gasteiger partial charge in [0.25, 0.3) is 5.91 Å². The van der Waals surface area contributed by atoms with E-state index in [1.165, 1.54) is 0 Å². The van der Waals surface area contributed by atoms with Crippen molar-refractivity contribution in [3.8, 4) is 0 Å². The maximum atomic E-state index is 11.5. The Hall–Kier alpha value is -1.79. The first kappa shape index (κ1) is 15.6. The summed E-state index contributed by atoms with van der Waals surface area (Å²) in [7, 11) is 0. The van der Waals surface area contributed by atoms with Gasteiger partial charge in [0.15, 0.2) is 0 Å². The number of aromatic nitrogens is 2. The van der Waals surface area contributed by atoms with Crippen molar-refractivity contribution < 1.29 is 10.0 Å². The molecule has 114 valence electrons. The fourth-order valence-corrected chi connectivity index (χ4v) is 2.21. The number of amides is 1. The molecule has 0 radical (unpaired) electrons. The molecule has 0 bridgehead atoms. The highest BCUT2D eigenvalue weighted by Crippen LogP contribution is 2.31. The molecule has 21 heavy (non-hydrogen) atoms. The first-order chi connectivity index (χ1) is 9.74. The van der Waals surface area contributed by atoms with Gasteiger partial charge in [-0.15, -0.1) is 0 Å². The largest absolute Gasteiger partial charge is 0.358 e. The number of imidazole rings is 1. The number of halogens is 1. The van der Waals surface area contributed by atoms with Gasteiger partial charge in [-0.05, 0) is 19.1 Å². The molecule has 1 amide bonds. The van der Waals surface area contributed by atoms with E-state index < -0.39 is 11.9 Å². The molecular weight excluding hydrogens is 292 g/mol. The Bertz CT molecular complexity index is 675. The van der Waals surface area contributed by atoms with Gasteiger partial charge in [0, 0.05) is 11.6 Å². The minimum absolute atomic E-state index is 0.212. The molecule has 1 atom stereocenters. The normalized spacial score (nSPS) is 13.2. The monoisotopic (exact) mass is 310 g/mol. The van der Waals surface area contributed by atoms with Crippen molar-refractivity contribution in [3.63, 3.8) is 0 Å². The molecule has 0 aliphatic carbocycles. The van der Waals surface area contributed by atoms with E-state index in [0.717, 1.165) is 11.3 Å². The predicted octanol–water partition coefficient (Wildman–Crippen LogP) is 2.59. The number of anilines is 1. The summed E-state index contributed by atoms with van der Waals surface area (Å²) in [6, 6.07) is 2.97. The number of hydrogen-bond acceptors (Lipinski definition) is 4. The number of hydrogen-bond donors (Lipinski definition) is 3. The highest BCUT2D eigenvalue weighted by atomic mass is 35.5. The number of hydroxylamine groups is 1. The van der Waals surface area contributed by atoms with Crippen LogP contribution in [0.2, 0.25) is 5.02 Å². The summed E-state index contributed by atoms with van der Waals surface area (Å²) in [5, 5.41) is 12.4. The minimum Gasteiger partial charge on any atom is -0.358 e. The average Bonchev–Trinajstić information content (AvgIpc) is 2.76. The van der Waals surface area contributed by atoms with Crippen LogP contribution >= 0.6 is 11.6 Å². The number of carbonyl (C=O) groups excluding carboxylic acids is 1. The number of fused-ring (bicyclic) bond motifs is 1. The zero-order chi connectivity index (χ0) is 15.8. The molecule has 2 aromatic heterocycles. The summed E-state index contributed by atoms with van der Waals surface area (Å²) < 4.78 is 1.81. The number of nitrogens with zero attached hydrogens (tertiary/aromatic N) is 2. The van der Waals surface area contributed by atoms with Crippen LogP contribution in [0.25, 0.3) is 5.65 Å². The Morgan fingerprint density at radius 3 is 2.67 bits per heavy atom. The quantitative estimate of drug-likeness (QED) is 0.601. The third-order valence-electron chi connectivity index (χ3n) is 3.15. The van der Waals surface area contributed by atoms with Gasteiger partial charge >= 0.3 is 0 Å². The summed E-state index contributed by atoms with van der Waals surface area (Å²) in [6.07, 6.45) is 1.74. The summed E-state index contributed by atoms with van der Waals surface area (Å²) in [5.74, 6) is 0.169. The molecule has 0 aliphatic heterocycles. The molecule has 3 N–H and O–H groups in total. The topological polar surface area (TPSA) is 78.7 Å². The van der Waals surface area contributed by atoms with E-state index in [1.54, 1.807) is 24.7 Å². The van der Waals surface area contributed by atoms with Gasteiger partial charge in [-0.2, -0.15) is 0 Å². The zero-order valence-corrected chi connectivity index (χ0v) is 13.2. The number of carbonyl (C=O) groups is 1. The fraction of sp³-hybridized carbons (Fsp3) is 0.429. The first-order valence-corrected chi connectivity index (χ1v) is 7.00. The number of rotatable bonds is 3. The van der Waals surface area contributed by atoms with E-state index in [9.17, 15) is 4.79 Å². The summed E-state index contributed by atoms with van der Waals surface area (Å²) in [5.41, 5.74) is 2.99. The second-order valence-electron chi connectivity index (χ2n) is 5.98. The molecule has 7 heteroatoms. The summed E-state index contributed by atoms with van der Waals surface area (Å²) >= 11 is 6.04. The smallest absolute Gasteiger partial charge is 0.265 e. The molecule has 0 aliphatic rings. The van der Waals surface area contributed by atoms with E-state index >= 15 is 0 Å². The van der Waals surface area contributed by atoms with Crippen LogP contribution in [0, 0.1) is 0 Å². The number of nitrogens with one attached hydrogen (secondary N) is 2. The maximum Gasteiger partial charge on any atom is 0.265 e. The molecule has 2 rings (SSSR count). The van der Waals surface area contributed by atoms with Crippen LogP contribution in [-0.2, 0) is 10.2 Å². The van der Waals surface area contributed by atoms with Crippen LogP contribution in [0.4, 0.5) is 5.82 Å². The Labute approximate surface area is 128 Å². The molecular formula is C14H19ClN4O2. The second-order valence-corrected chi connectivity index (χ2v) is 6.41. The third kappa shape index (κ3) is 3.11. The van der Waals surface area contributed by atoms with E-state index in [0.29, 0.717) is 10.8 Å². The lowest BCUT2D eigenvalue weighted by Gasteiger charge is -2.20. The van der Waals surface area contributed by atoms with Crippen LogP contribution < -0.4 is 10.8 Å². The van der Waals surface area contributed by atoms with Crippen molar-refractivity contribution >= 4 is 29.0 Å². The van der Waals surface area contributed by atoms with Gasteiger partial charge in [0.05, 0.1) is 10.7 Å². The zero-order valence-electron chi connectivity index (χ0n) is 12.4. The first-order valence-electron chi connectivity index (χ1n) is 6.62. The molecule has 0 fully saturated rings. The highest BCUT2D eigenvalue weighted by Gasteiger charge is 2.26. The lowest BCUT2D eigenvalue weighted by Crippen LogP contribution is -2.36. The predicted molar refractivity (Wildman–Crippen MR) is 81.9 cm³/mol. The van der Waals surface area contributed by atoms with Crippen LogP contribution in [0.3, 0.4) is 0 Å². The van der Waals surface area contributed by atoms with Gasteiger partial charge in [-0.3, -0.25) is 14.4 Å². The molecule has 0 saturated carbocycles. The van der Waals surface area contributed by atoms with Crippen molar-refractivity contribution in [2.75, 3.05) is 5.32 Å². The van der Waals surface area contributed by atoms with E-state index in [2.05, 4.69) is 10.3 Å². The Kier molecular flexibility index (Phi) is 4.11. The van der Waals surface area contributed by atoms with Crippen LogP contribution in [-0.4, -0.2) is 26.5 Å².